The number of nitrogens with zero attached hydrogens (tertiary/aromatic N) is 2. The first-order chi connectivity index (χ1) is 13.8. The van der Waals surface area contributed by atoms with Crippen LogP contribution in [-0.4, -0.2) is 28.6 Å². The molecule has 0 saturated carbocycles. The molecular weight excluding hydrogens is 398 g/mol. The number of thiocarbonyl (C=S) groups is 1. The number of anilines is 1. The van der Waals surface area contributed by atoms with Gasteiger partial charge < -0.3 is 9.47 Å². The molecule has 2 aliphatic rings. The molecule has 146 valence electrons. The largest absolute Gasteiger partial charge is 0.454 e. The zero-order valence-corrected chi connectivity index (χ0v) is 15.8. The number of nitrogens with one attached hydrogen (secondary N) is 1. The fourth-order valence-corrected chi connectivity index (χ4v) is 3.32. The third-order valence-electron chi connectivity index (χ3n) is 4.38. The van der Waals surface area contributed by atoms with Gasteiger partial charge >= 0.3 is 0 Å². The number of benzene rings is 2. The van der Waals surface area contributed by atoms with Crippen LogP contribution in [0, 0.1) is 17.0 Å². The molecule has 1 fully saturated rings. The molecule has 0 unspecified atom stereocenters. The van der Waals surface area contributed by atoms with Crippen molar-refractivity contribution in [2.75, 3.05) is 11.7 Å². The molecule has 0 aromatic heterocycles. The van der Waals surface area contributed by atoms with Crippen molar-refractivity contribution in [2.24, 2.45) is 0 Å². The monoisotopic (exact) mass is 411 g/mol. The van der Waals surface area contributed by atoms with Gasteiger partial charge in [-0.15, -0.1) is 0 Å². The van der Waals surface area contributed by atoms with Gasteiger partial charge in [-0.05, 0) is 49.0 Å². The Morgan fingerprint density at radius 1 is 1.21 bits per heavy atom. The van der Waals surface area contributed by atoms with E-state index >= 15 is 0 Å². The van der Waals surface area contributed by atoms with Crippen LogP contribution in [0.3, 0.4) is 0 Å². The van der Waals surface area contributed by atoms with Crippen molar-refractivity contribution in [3.05, 3.63) is 63.2 Å². The van der Waals surface area contributed by atoms with E-state index in [-0.39, 0.29) is 40.2 Å². The van der Waals surface area contributed by atoms with Crippen LogP contribution in [0.1, 0.15) is 11.1 Å². The summed E-state index contributed by atoms with van der Waals surface area (Å²) in [4.78, 5) is 37.5. The second kappa shape index (κ2) is 6.99. The quantitative estimate of drug-likeness (QED) is 0.272. The zero-order valence-electron chi connectivity index (χ0n) is 15.0. The van der Waals surface area contributed by atoms with Crippen molar-refractivity contribution in [3.63, 3.8) is 0 Å². The maximum Gasteiger partial charge on any atom is 0.280 e. The van der Waals surface area contributed by atoms with E-state index in [4.69, 9.17) is 21.7 Å². The van der Waals surface area contributed by atoms with Crippen molar-refractivity contribution >= 4 is 46.6 Å². The summed E-state index contributed by atoms with van der Waals surface area (Å²) in [6.45, 7) is 1.79. The van der Waals surface area contributed by atoms with Gasteiger partial charge in [0.25, 0.3) is 17.5 Å². The molecule has 2 aliphatic heterocycles. The highest BCUT2D eigenvalue weighted by Gasteiger charge is 2.35. The van der Waals surface area contributed by atoms with Crippen LogP contribution in [0.2, 0.25) is 0 Å². The average Bonchev–Trinajstić information content (AvgIpc) is 3.11. The van der Waals surface area contributed by atoms with Gasteiger partial charge in [-0.1, -0.05) is 12.1 Å². The Kier molecular flexibility index (Phi) is 4.47. The van der Waals surface area contributed by atoms with E-state index in [1.165, 1.54) is 17.0 Å². The molecule has 0 aliphatic carbocycles. The van der Waals surface area contributed by atoms with Gasteiger partial charge in [0.15, 0.2) is 16.6 Å². The molecule has 29 heavy (non-hydrogen) atoms. The summed E-state index contributed by atoms with van der Waals surface area (Å²) in [5.41, 5.74) is 0.799. The molecule has 1 N–H and O–H groups in total. The number of amides is 2. The van der Waals surface area contributed by atoms with E-state index in [1.807, 2.05) is 13.0 Å². The molecule has 4 rings (SSSR count). The van der Waals surface area contributed by atoms with E-state index < -0.39 is 16.7 Å². The molecule has 2 heterocycles. The molecule has 0 atom stereocenters. The summed E-state index contributed by atoms with van der Waals surface area (Å²) in [6.07, 6.45) is 1.16. The molecule has 2 amide bonds. The predicted molar refractivity (Wildman–Crippen MR) is 107 cm³/mol. The minimum absolute atomic E-state index is 0.0368. The summed E-state index contributed by atoms with van der Waals surface area (Å²) in [5.74, 6) is -0.912. The number of aryl methyl sites for hydroxylation is 1. The van der Waals surface area contributed by atoms with Crippen LogP contribution in [0.15, 0.2) is 42.0 Å². The Balaban J connectivity index is 1.81. The standard InChI is InChI=1S/C19H13N3O6S/c1-10-3-2-4-12(5-10)21-18(24)13(17(23)20-19(21)29)6-11-7-15-16(28-9-27-15)8-14(11)22(25)26/h2-8H,9H2,1H3,(H,20,23,29)/b13-6-. The molecule has 1 saturated heterocycles. The van der Waals surface area contributed by atoms with E-state index in [0.29, 0.717) is 5.69 Å². The first kappa shape index (κ1) is 18.6. The molecular formula is C19H13N3O6S. The average molecular weight is 411 g/mol. The molecule has 0 radical (unpaired) electrons. The van der Waals surface area contributed by atoms with Crippen LogP contribution in [-0.2, 0) is 9.59 Å². The lowest BCUT2D eigenvalue weighted by atomic mass is 10.0. The van der Waals surface area contributed by atoms with Crippen molar-refractivity contribution < 1.29 is 24.0 Å². The second-order valence-electron chi connectivity index (χ2n) is 6.32. The van der Waals surface area contributed by atoms with Gasteiger partial charge in [0.2, 0.25) is 6.79 Å². The van der Waals surface area contributed by atoms with Crippen molar-refractivity contribution in [1.29, 1.82) is 0 Å². The Morgan fingerprint density at radius 3 is 2.62 bits per heavy atom. The van der Waals surface area contributed by atoms with E-state index in [9.17, 15) is 19.7 Å². The molecule has 2 aromatic rings. The minimum atomic E-state index is -0.740. The Hall–Kier alpha value is -3.79. The van der Waals surface area contributed by atoms with Gasteiger partial charge in [0.1, 0.15) is 5.57 Å². The Labute approximate surface area is 169 Å². The van der Waals surface area contributed by atoms with E-state index in [1.54, 1.807) is 18.2 Å². The number of nitro groups is 1. The maximum atomic E-state index is 13.1. The summed E-state index contributed by atoms with van der Waals surface area (Å²) in [7, 11) is 0. The highest BCUT2D eigenvalue weighted by atomic mass is 32.1. The normalized spacial score (nSPS) is 16.9. The van der Waals surface area contributed by atoms with Gasteiger partial charge in [0, 0.05) is 0 Å². The predicted octanol–water partition coefficient (Wildman–Crippen LogP) is 2.46. The van der Waals surface area contributed by atoms with E-state index in [0.717, 1.165) is 11.6 Å². The lowest BCUT2D eigenvalue weighted by Gasteiger charge is -2.29. The van der Waals surface area contributed by atoms with Crippen LogP contribution >= 0.6 is 12.2 Å². The number of rotatable bonds is 3. The molecule has 9 nitrogen and oxygen atoms in total. The second-order valence-corrected chi connectivity index (χ2v) is 6.70. The number of nitro benzene ring substituents is 1. The number of hydrogen-bond donors (Lipinski definition) is 1. The number of hydrogen-bond acceptors (Lipinski definition) is 7. The summed E-state index contributed by atoms with van der Waals surface area (Å²) < 4.78 is 10.4. The van der Waals surface area contributed by atoms with Crippen molar-refractivity contribution in [1.82, 2.24) is 5.32 Å². The topological polar surface area (TPSA) is 111 Å². The van der Waals surface area contributed by atoms with Crippen molar-refractivity contribution in [3.8, 4) is 11.5 Å². The maximum absolute atomic E-state index is 13.1. The zero-order chi connectivity index (χ0) is 20.7. The molecule has 0 bridgehead atoms. The summed E-state index contributed by atoms with van der Waals surface area (Å²) in [6, 6.07) is 9.58. The highest BCUT2D eigenvalue weighted by Crippen LogP contribution is 2.39. The number of carbonyl (C=O) groups excluding carboxylic acids is 2. The fraction of sp³-hybridized carbons (Fsp3) is 0.105. The lowest BCUT2D eigenvalue weighted by molar-refractivity contribution is -0.385. The van der Waals surface area contributed by atoms with Gasteiger partial charge in [-0.2, -0.15) is 0 Å². The fourth-order valence-electron chi connectivity index (χ4n) is 3.04. The smallest absolute Gasteiger partial charge is 0.280 e. The molecule has 10 heteroatoms. The Bertz CT molecular complexity index is 1130. The van der Waals surface area contributed by atoms with Crippen LogP contribution in [0.25, 0.3) is 6.08 Å². The molecule has 2 aromatic carbocycles. The number of fused-ring (bicyclic) bond motifs is 1. The minimum Gasteiger partial charge on any atom is -0.454 e. The third kappa shape index (κ3) is 3.29. The summed E-state index contributed by atoms with van der Waals surface area (Å²) >= 11 is 5.16. The van der Waals surface area contributed by atoms with Crippen LogP contribution in [0.5, 0.6) is 11.5 Å². The van der Waals surface area contributed by atoms with Crippen molar-refractivity contribution in [2.45, 2.75) is 6.92 Å². The Morgan fingerprint density at radius 2 is 1.93 bits per heavy atom. The number of carbonyl (C=O) groups is 2. The first-order valence-electron chi connectivity index (χ1n) is 8.41. The van der Waals surface area contributed by atoms with E-state index in [2.05, 4.69) is 5.32 Å². The number of ether oxygens (including phenoxy) is 2. The SMILES string of the molecule is Cc1cccc(N2C(=O)/C(=C\c3cc4c(cc3[N+](=O)[O-])OCO4)C(=O)NC2=S)c1. The van der Waals surface area contributed by atoms with Gasteiger partial charge in [0.05, 0.1) is 22.2 Å². The van der Waals surface area contributed by atoms with Gasteiger partial charge in [-0.25, -0.2) is 0 Å². The van der Waals surface area contributed by atoms with Crippen LogP contribution < -0.4 is 19.7 Å². The third-order valence-corrected chi connectivity index (χ3v) is 4.66. The first-order valence-corrected chi connectivity index (χ1v) is 8.82. The molecule has 0 spiro atoms. The lowest BCUT2D eigenvalue weighted by Crippen LogP contribution is -2.54. The summed E-state index contributed by atoms with van der Waals surface area (Å²) in [5, 5.41) is 13.9. The highest BCUT2D eigenvalue weighted by molar-refractivity contribution is 7.80. The van der Waals surface area contributed by atoms with Gasteiger partial charge in [-0.3, -0.25) is 29.9 Å². The van der Waals surface area contributed by atoms with Crippen LogP contribution in [0.4, 0.5) is 11.4 Å².